The van der Waals surface area contributed by atoms with Crippen LogP contribution in [0.5, 0.6) is 0 Å². The molecule has 0 aliphatic rings. The number of hydrogen-bond donors (Lipinski definition) is 0. The van der Waals surface area contributed by atoms with Gasteiger partial charge in [0, 0.05) is 18.7 Å². The largest absolute Gasteiger partial charge is 0.465 e. The third kappa shape index (κ3) is 4.82. The maximum absolute atomic E-state index is 13.1. The first-order valence-electron chi connectivity index (χ1n) is 8.73. The first-order valence-corrected chi connectivity index (χ1v) is 8.73. The van der Waals surface area contributed by atoms with Gasteiger partial charge >= 0.3 is 5.97 Å². The van der Waals surface area contributed by atoms with E-state index in [0.717, 1.165) is 11.1 Å². The Hall–Kier alpha value is -3.40. The van der Waals surface area contributed by atoms with Crippen LogP contribution in [0.2, 0.25) is 0 Å². The first kappa shape index (κ1) is 18.4. The van der Waals surface area contributed by atoms with Crippen molar-refractivity contribution in [1.82, 2.24) is 4.90 Å². The van der Waals surface area contributed by atoms with Crippen molar-refractivity contribution in [3.8, 4) is 0 Å². The molecule has 3 aromatic rings. The van der Waals surface area contributed by atoms with E-state index in [1.165, 1.54) is 7.11 Å². The van der Waals surface area contributed by atoms with Crippen molar-refractivity contribution >= 4 is 11.9 Å². The van der Waals surface area contributed by atoms with Gasteiger partial charge < -0.3 is 9.64 Å². The number of rotatable bonds is 6. The van der Waals surface area contributed by atoms with Crippen LogP contribution in [-0.2, 0) is 17.8 Å². The van der Waals surface area contributed by atoms with Crippen LogP contribution in [0, 0.1) is 0 Å². The Morgan fingerprint density at radius 2 is 1.15 bits per heavy atom. The molecule has 27 heavy (non-hydrogen) atoms. The number of nitrogens with zero attached hydrogens (tertiary/aromatic N) is 1. The van der Waals surface area contributed by atoms with Crippen molar-refractivity contribution in [3.63, 3.8) is 0 Å². The summed E-state index contributed by atoms with van der Waals surface area (Å²) in [5.41, 5.74) is 3.09. The van der Waals surface area contributed by atoms with Crippen molar-refractivity contribution in [2.45, 2.75) is 13.1 Å². The molecule has 1 amide bonds. The van der Waals surface area contributed by atoms with Gasteiger partial charge in [0.15, 0.2) is 0 Å². The summed E-state index contributed by atoms with van der Waals surface area (Å²) in [6, 6.07) is 26.3. The van der Waals surface area contributed by atoms with Crippen molar-refractivity contribution in [1.29, 1.82) is 0 Å². The molecule has 0 heterocycles. The quantitative estimate of drug-likeness (QED) is 0.616. The molecule has 0 aromatic heterocycles. The second-order valence-corrected chi connectivity index (χ2v) is 6.20. The van der Waals surface area contributed by atoms with E-state index >= 15 is 0 Å². The summed E-state index contributed by atoms with van der Waals surface area (Å²) >= 11 is 0. The minimum atomic E-state index is -0.417. The van der Waals surface area contributed by atoms with E-state index in [1.54, 1.807) is 29.2 Å². The fourth-order valence-electron chi connectivity index (χ4n) is 2.86. The van der Waals surface area contributed by atoms with Crippen molar-refractivity contribution < 1.29 is 14.3 Å². The smallest absolute Gasteiger partial charge is 0.337 e. The number of carbonyl (C=O) groups is 2. The van der Waals surface area contributed by atoms with Crippen LogP contribution in [0.15, 0.2) is 84.9 Å². The zero-order valence-corrected chi connectivity index (χ0v) is 15.2. The molecule has 0 bridgehead atoms. The summed E-state index contributed by atoms with van der Waals surface area (Å²) in [5.74, 6) is -0.501. The fraction of sp³-hybridized carbons (Fsp3) is 0.130. The van der Waals surface area contributed by atoms with Crippen LogP contribution in [0.25, 0.3) is 0 Å². The molecule has 0 N–H and O–H groups in total. The van der Waals surface area contributed by atoms with Gasteiger partial charge in [-0.25, -0.2) is 4.79 Å². The lowest BCUT2D eigenvalue weighted by Crippen LogP contribution is -2.30. The molecule has 3 aromatic carbocycles. The summed E-state index contributed by atoms with van der Waals surface area (Å²) < 4.78 is 4.71. The lowest BCUT2D eigenvalue weighted by atomic mass is 10.1. The van der Waals surface area contributed by atoms with E-state index in [-0.39, 0.29) is 5.91 Å². The average molecular weight is 359 g/mol. The van der Waals surface area contributed by atoms with E-state index in [0.29, 0.717) is 24.2 Å². The highest BCUT2D eigenvalue weighted by atomic mass is 16.5. The molecule has 3 rings (SSSR count). The minimum Gasteiger partial charge on any atom is -0.465 e. The van der Waals surface area contributed by atoms with Crippen molar-refractivity contribution in [2.24, 2.45) is 0 Å². The SMILES string of the molecule is COC(=O)c1ccc(C(=O)N(Cc2ccccc2)Cc2ccccc2)cc1. The van der Waals surface area contributed by atoms with Gasteiger partial charge in [0.2, 0.25) is 0 Å². The van der Waals surface area contributed by atoms with Gasteiger partial charge in [-0.1, -0.05) is 60.7 Å². The summed E-state index contributed by atoms with van der Waals surface area (Å²) in [4.78, 5) is 26.5. The Kier molecular flexibility index (Phi) is 6.00. The molecule has 0 aliphatic heterocycles. The van der Waals surface area contributed by atoms with E-state index in [9.17, 15) is 9.59 Å². The Morgan fingerprint density at radius 1 is 0.704 bits per heavy atom. The van der Waals surface area contributed by atoms with E-state index < -0.39 is 5.97 Å². The number of ether oxygens (including phenoxy) is 1. The molecule has 0 unspecified atom stereocenters. The Bertz CT molecular complexity index is 848. The van der Waals surface area contributed by atoms with Crippen molar-refractivity contribution in [2.75, 3.05) is 7.11 Å². The zero-order chi connectivity index (χ0) is 19.1. The van der Waals surface area contributed by atoms with Gasteiger partial charge in [-0.2, -0.15) is 0 Å². The monoisotopic (exact) mass is 359 g/mol. The number of carbonyl (C=O) groups excluding carboxylic acids is 2. The highest BCUT2D eigenvalue weighted by Gasteiger charge is 2.17. The molecule has 4 nitrogen and oxygen atoms in total. The van der Waals surface area contributed by atoms with E-state index in [2.05, 4.69) is 0 Å². The van der Waals surface area contributed by atoms with Crippen LogP contribution < -0.4 is 0 Å². The topological polar surface area (TPSA) is 46.6 Å². The molecule has 0 spiro atoms. The third-order valence-corrected chi connectivity index (χ3v) is 4.27. The molecule has 0 saturated heterocycles. The summed E-state index contributed by atoms with van der Waals surface area (Å²) in [6.45, 7) is 1.01. The standard InChI is InChI=1S/C23H21NO3/c1-27-23(26)21-14-12-20(13-15-21)22(25)24(16-18-8-4-2-5-9-18)17-19-10-6-3-7-11-19/h2-15H,16-17H2,1H3. The van der Waals surface area contributed by atoms with Gasteiger partial charge in [-0.3, -0.25) is 4.79 Å². The molecule has 0 fully saturated rings. The third-order valence-electron chi connectivity index (χ3n) is 4.27. The highest BCUT2D eigenvalue weighted by molar-refractivity contribution is 5.96. The molecule has 0 aliphatic carbocycles. The number of benzene rings is 3. The highest BCUT2D eigenvalue weighted by Crippen LogP contribution is 2.15. The van der Waals surface area contributed by atoms with Gasteiger partial charge in [0.05, 0.1) is 12.7 Å². The zero-order valence-electron chi connectivity index (χ0n) is 15.2. The molecule has 136 valence electrons. The number of amides is 1. The first-order chi connectivity index (χ1) is 13.2. The molecule has 4 heteroatoms. The van der Waals surface area contributed by atoms with E-state index in [1.807, 2.05) is 60.7 Å². The predicted molar refractivity (Wildman–Crippen MR) is 104 cm³/mol. The Labute approximate surface area is 159 Å². The van der Waals surface area contributed by atoms with Gasteiger partial charge in [0.25, 0.3) is 5.91 Å². The summed E-state index contributed by atoms with van der Waals surface area (Å²) in [7, 11) is 1.34. The molecular weight excluding hydrogens is 338 g/mol. The van der Waals surface area contributed by atoms with Gasteiger partial charge in [-0.05, 0) is 35.4 Å². The van der Waals surface area contributed by atoms with Gasteiger partial charge in [0.1, 0.15) is 0 Å². The normalized spacial score (nSPS) is 10.3. The molecule has 0 saturated carbocycles. The summed E-state index contributed by atoms with van der Waals surface area (Å²) in [5, 5.41) is 0. The fourth-order valence-corrected chi connectivity index (χ4v) is 2.86. The number of esters is 1. The number of hydrogen-bond acceptors (Lipinski definition) is 3. The lowest BCUT2D eigenvalue weighted by molar-refractivity contribution is 0.0599. The summed E-state index contributed by atoms with van der Waals surface area (Å²) in [6.07, 6.45) is 0. The van der Waals surface area contributed by atoms with Crippen LogP contribution in [0.1, 0.15) is 31.8 Å². The Balaban J connectivity index is 1.84. The maximum atomic E-state index is 13.1. The average Bonchev–Trinajstić information content (AvgIpc) is 2.74. The maximum Gasteiger partial charge on any atom is 0.337 e. The molecule has 0 atom stereocenters. The Morgan fingerprint density at radius 3 is 1.59 bits per heavy atom. The van der Waals surface area contributed by atoms with E-state index in [4.69, 9.17) is 4.74 Å². The lowest BCUT2D eigenvalue weighted by Gasteiger charge is -2.23. The number of methoxy groups -OCH3 is 1. The molecule has 0 radical (unpaired) electrons. The minimum absolute atomic E-state index is 0.0841. The van der Waals surface area contributed by atoms with Crippen molar-refractivity contribution in [3.05, 3.63) is 107 Å². The second-order valence-electron chi connectivity index (χ2n) is 6.20. The van der Waals surface area contributed by atoms with Gasteiger partial charge in [-0.15, -0.1) is 0 Å². The van der Waals surface area contributed by atoms with Crippen LogP contribution >= 0.6 is 0 Å². The van der Waals surface area contributed by atoms with Crippen LogP contribution in [0.3, 0.4) is 0 Å². The van der Waals surface area contributed by atoms with Crippen LogP contribution in [-0.4, -0.2) is 23.9 Å². The molecular formula is C23H21NO3. The van der Waals surface area contributed by atoms with Crippen LogP contribution in [0.4, 0.5) is 0 Å². The second kappa shape index (κ2) is 8.81. The predicted octanol–water partition coefficient (Wildman–Crippen LogP) is 4.32.